The Morgan fingerprint density at radius 1 is 1.23 bits per heavy atom. The van der Waals surface area contributed by atoms with E-state index >= 15 is 0 Å². The lowest BCUT2D eigenvalue weighted by Crippen LogP contribution is -2.50. The maximum absolute atomic E-state index is 12.0. The van der Waals surface area contributed by atoms with Crippen molar-refractivity contribution in [1.29, 1.82) is 5.26 Å². The first-order valence-corrected chi connectivity index (χ1v) is 7.54. The number of carbonyl (C=O) groups excluding carboxylic acids is 1. The van der Waals surface area contributed by atoms with Crippen molar-refractivity contribution in [2.75, 3.05) is 31.1 Å². The second-order valence-electron chi connectivity index (χ2n) is 6.57. The molecule has 0 spiro atoms. The smallest absolute Gasteiger partial charge is 0.410 e. The molecule has 2 rings (SSSR count). The Kier molecular flexibility index (Phi) is 4.60. The summed E-state index contributed by atoms with van der Waals surface area (Å²) < 4.78 is 5.40. The normalized spacial score (nSPS) is 15.4. The van der Waals surface area contributed by atoms with Crippen molar-refractivity contribution >= 4 is 11.8 Å². The van der Waals surface area contributed by atoms with Crippen molar-refractivity contribution in [2.24, 2.45) is 0 Å². The molecule has 0 aromatic heterocycles. The lowest BCUT2D eigenvalue weighted by molar-refractivity contribution is 0.0240. The molecule has 0 bridgehead atoms. The number of rotatable bonds is 1. The first kappa shape index (κ1) is 16.2. The fourth-order valence-electron chi connectivity index (χ4n) is 2.44. The van der Waals surface area contributed by atoms with Gasteiger partial charge < -0.3 is 14.5 Å². The van der Waals surface area contributed by atoms with Gasteiger partial charge in [0, 0.05) is 31.9 Å². The second-order valence-corrected chi connectivity index (χ2v) is 6.57. The summed E-state index contributed by atoms with van der Waals surface area (Å²) >= 11 is 0. The molecule has 0 aliphatic carbocycles. The molecule has 1 heterocycles. The van der Waals surface area contributed by atoms with E-state index in [4.69, 9.17) is 10.00 Å². The quantitative estimate of drug-likeness (QED) is 0.800. The van der Waals surface area contributed by atoms with E-state index in [9.17, 15) is 4.79 Å². The van der Waals surface area contributed by atoms with Crippen molar-refractivity contribution in [1.82, 2.24) is 4.90 Å². The SMILES string of the molecule is Cc1cc(N2CCN(C(=O)OC(C)(C)C)CC2)ccc1C#N. The maximum Gasteiger partial charge on any atom is 0.410 e. The van der Waals surface area contributed by atoms with Crippen LogP contribution in [0.3, 0.4) is 0 Å². The molecule has 1 fully saturated rings. The van der Waals surface area contributed by atoms with Crippen LogP contribution in [0.5, 0.6) is 0 Å². The lowest BCUT2D eigenvalue weighted by atomic mass is 10.1. The van der Waals surface area contributed by atoms with Gasteiger partial charge in [-0.25, -0.2) is 4.79 Å². The van der Waals surface area contributed by atoms with Gasteiger partial charge in [-0.2, -0.15) is 5.26 Å². The Bertz CT molecular complexity index is 591. The molecule has 5 nitrogen and oxygen atoms in total. The largest absolute Gasteiger partial charge is 0.444 e. The van der Waals surface area contributed by atoms with Gasteiger partial charge in [-0.05, 0) is 51.5 Å². The molecular weight excluding hydrogens is 278 g/mol. The van der Waals surface area contributed by atoms with Gasteiger partial charge in [-0.1, -0.05) is 0 Å². The van der Waals surface area contributed by atoms with Gasteiger partial charge >= 0.3 is 6.09 Å². The number of aryl methyl sites for hydroxylation is 1. The molecule has 22 heavy (non-hydrogen) atoms. The molecule has 1 amide bonds. The van der Waals surface area contributed by atoms with Crippen LogP contribution >= 0.6 is 0 Å². The van der Waals surface area contributed by atoms with Gasteiger partial charge in [0.15, 0.2) is 0 Å². The number of carbonyl (C=O) groups is 1. The van der Waals surface area contributed by atoms with Gasteiger partial charge in [0.1, 0.15) is 5.60 Å². The minimum Gasteiger partial charge on any atom is -0.444 e. The van der Waals surface area contributed by atoms with Gasteiger partial charge in [-0.3, -0.25) is 0 Å². The third kappa shape index (κ3) is 3.91. The van der Waals surface area contributed by atoms with E-state index in [1.165, 1.54) is 0 Å². The van der Waals surface area contributed by atoms with Crippen molar-refractivity contribution in [3.8, 4) is 6.07 Å². The Balaban J connectivity index is 1.96. The van der Waals surface area contributed by atoms with E-state index in [2.05, 4.69) is 11.0 Å². The van der Waals surface area contributed by atoms with E-state index in [0.29, 0.717) is 18.7 Å². The highest BCUT2D eigenvalue weighted by Gasteiger charge is 2.25. The van der Waals surface area contributed by atoms with Crippen LogP contribution in [0, 0.1) is 18.3 Å². The van der Waals surface area contributed by atoms with Crippen LogP contribution in [0.25, 0.3) is 0 Å². The number of nitriles is 1. The van der Waals surface area contributed by atoms with E-state index in [-0.39, 0.29) is 6.09 Å². The summed E-state index contributed by atoms with van der Waals surface area (Å²) in [7, 11) is 0. The molecule has 0 unspecified atom stereocenters. The first-order valence-electron chi connectivity index (χ1n) is 7.54. The molecule has 0 saturated carbocycles. The van der Waals surface area contributed by atoms with Crippen molar-refractivity contribution in [3.05, 3.63) is 29.3 Å². The van der Waals surface area contributed by atoms with E-state index in [1.807, 2.05) is 45.9 Å². The summed E-state index contributed by atoms with van der Waals surface area (Å²) in [5, 5.41) is 8.99. The molecule has 1 aromatic carbocycles. The Morgan fingerprint density at radius 3 is 2.36 bits per heavy atom. The zero-order valence-electron chi connectivity index (χ0n) is 13.7. The molecule has 1 saturated heterocycles. The summed E-state index contributed by atoms with van der Waals surface area (Å²) in [6.45, 7) is 10.4. The van der Waals surface area contributed by atoms with Crippen LogP contribution in [0.1, 0.15) is 31.9 Å². The standard InChI is InChI=1S/C17H23N3O2/c1-13-11-15(6-5-14(13)12-18)19-7-9-20(10-8-19)16(21)22-17(2,3)4/h5-6,11H,7-10H2,1-4H3. The molecular formula is C17H23N3O2. The number of anilines is 1. The highest BCUT2D eigenvalue weighted by Crippen LogP contribution is 2.21. The minimum atomic E-state index is -0.460. The summed E-state index contributed by atoms with van der Waals surface area (Å²) in [4.78, 5) is 16.0. The highest BCUT2D eigenvalue weighted by molar-refractivity contribution is 5.68. The number of hydrogen-bond donors (Lipinski definition) is 0. The predicted octanol–water partition coefficient (Wildman–Crippen LogP) is 2.92. The van der Waals surface area contributed by atoms with Crippen LogP contribution in [0.4, 0.5) is 10.5 Å². The van der Waals surface area contributed by atoms with Gasteiger partial charge in [0.25, 0.3) is 0 Å². The Morgan fingerprint density at radius 2 is 1.86 bits per heavy atom. The first-order chi connectivity index (χ1) is 10.3. The third-order valence-corrected chi connectivity index (χ3v) is 3.63. The average molecular weight is 301 g/mol. The summed E-state index contributed by atoms with van der Waals surface area (Å²) in [5.74, 6) is 0. The van der Waals surface area contributed by atoms with E-state index in [1.54, 1.807) is 4.90 Å². The fourth-order valence-corrected chi connectivity index (χ4v) is 2.44. The van der Waals surface area contributed by atoms with Gasteiger partial charge in [-0.15, -0.1) is 0 Å². The minimum absolute atomic E-state index is 0.247. The summed E-state index contributed by atoms with van der Waals surface area (Å²) in [5.41, 5.74) is 2.32. The summed E-state index contributed by atoms with van der Waals surface area (Å²) in [6, 6.07) is 8.03. The number of ether oxygens (including phenoxy) is 1. The van der Waals surface area contributed by atoms with Crippen molar-refractivity contribution in [3.63, 3.8) is 0 Å². The molecule has 1 aliphatic rings. The third-order valence-electron chi connectivity index (χ3n) is 3.63. The van der Waals surface area contributed by atoms with Gasteiger partial charge in [0.2, 0.25) is 0 Å². The monoisotopic (exact) mass is 301 g/mol. The topological polar surface area (TPSA) is 56.6 Å². The van der Waals surface area contributed by atoms with Crippen LogP contribution in [0.2, 0.25) is 0 Å². The summed E-state index contributed by atoms with van der Waals surface area (Å²) in [6.07, 6.45) is -0.247. The molecule has 0 radical (unpaired) electrons. The average Bonchev–Trinajstić information content (AvgIpc) is 2.45. The maximum atomic E-state index is 12.0. The van der Waals surface area contributed by atoms with Crippen LogP contribution < -0.4 is 4.90 Å². The predicted molar refractivity (Wildman–Crippen MR) is 85.9 cm³/mol. The molecule has 1 aliphatic heterocycles. The Labute approximate surface area is 132 Å². The number of nitrogens with zero attached hydrogens (tertiary/aromatic N) is 3. The molecule has 0 atom stereocenters. The molecule has 1 aromatic rings. The van der Waals surface area contributed by atoms with Crippen LogP contribution in [-0.4, -0.2) is 42.8 Å². The van der Waals surface area contributed by atoms with Gasteiger partial charge in [0.05, 0.1) is 11.6 Å². The van der Waals surface area contributed by atoms with Crippen molar-refractivity contribution < 1.29 is 9.53 Å². The number of piperazine rings is 1. The molecule has 118 valence electrons. The van der Waals surface area contributed by atoms with Crippen LogP contribution in [0.15, 0.2) is 18.2 Å². The van der Waals surface area contributed by atoms with E-state index < -0.39 is 5.60 Å². The fraction of sp³-hybridized carbons (Fsp3) is 0.529. The Hall–Kier alpha value is -2.22. The number of hydrogen-bond acceptors (Lipinski definition) is 4. The highest BCUT2D eigenvalue weighted by atomic mass is 16.6. The zero-order chi connectivity index (χ0) is 16.3. The lowest BCUT2D eigenvalue weighted by Gasteiger charge is -2.36. The zero-order valence-corrected chi connectivity index (χ0v) is 13.7. The van der Waals surface area contributed by atoms with E-state index in [0.717, 1.165) is 24.3 Å². The number of amides is 1. The second kappa shape index (κ2) is 6.27. The molecule has 5 heteroatoms. The van der Waals surface area contributed by atoms with Crippen molar-refractivity contribution in [2.45, 2.75) is 33.3 Å². The number of benzene rings is 1. The van der Waals surface area contributed by atoms with Crippen LogP contribution in [-0.2, 0) is 4.74 Å². The molecule has 0 N–H and O–H groups in total.